The summed E-state index contributed by atoms with van der Waals surface area (Å²) in [5.41, 5.74) is 2.30. The molecule has 1 heterocycles. The van der Waals surface area contributed by atoms with E-state index in [1.807, 2.05) is 24.5 Å². The van der Waals surface area contributed by atoms with Crippen LogP contribution >= 0.6 is 0 Å². The van der Waals surface area contributed by atoms with Gasteiger partial charge in [0.25, 0.3) is 0 Å². The lowest BCUT2D eigenvalue weighted by Gasteiger charge is -2.05. The molecule has 0 aliphatic carbocycles. The summed E-state index contributed by atoms with van der Waals surface area (Å²) < 4.78 is 1.81. The highest BCUT2D eigenvalue weighted by Gasteiger charge is 2.18. The maximum atomic E-state index is 11.6. The first-order chi connectivity index (χ1) is 8.45. The van der Waals surface area contributed by atoms with Crippen molar-refractivity contribution in [3.63, 3.8) is 0 Å². The number of carbonyl (C=O) groups is 2. The van der Waals surface area contributed by atoms with Gasteiger partial charge in [0.15, 0.2) is 5.78 Å². The molecule has 1 aromatic heterocycles. The van der Waals surface area contributed by atoms with Gasteiger partial charge in [0.05, 0.1) is 11.1 Å². The third-order valence-electron chi connectivity index (χ3n) is 3.07. The number of aryl methyl sites for hydroxylation is 2. The van der Waals surface area contributed by atoms with E-state index in [1.165, 1.54) is 6.92 Å². The second-order valence-electron chi connectivity index (χ2n) is 4.40. The molecular formula is C14H15NO3. The summed E-state index contributed by atoms with van der Waals surface area (Å²) in [5, 5.41) is 10.0. The van der Waals surface area contributed by atoms with Crippen LogP contribution in [0.2, 0.25) is 0 Å². The monoisotopic (exact) mass is 245 g/mol. The minimum atomic E-state index is -0.966. The Morgan fingerprint density at radius 3 is 2.44 bits per heavy atom. The van der Waals surface area contributed by atoms with Gasteiger partial charge in [0.2, 0.25) is 0 Å². The fourth-order valence-electron chi connectivity index (χ4n) is 2.28. The molecule has 0 aliphatic heterocycles. The SMILES string of the molecule is CCn1cc(C(C)=O)c2cc(C)cc(C(=O)O)c21. The largest absolute Gasteiger partial charge is 0.478 e. The molecule has 0 atom stereocenters. The molecule has 1 N–H and O–H groups in total. The highest BCUT2D eigenvalue weighted by molar-refractivity contribution is 6.12. The van der Waals surface area contributed by atoms with Gasteiger partial charge in [-0.25, -0.2) is 4.79 Å². The number of aromatic nitrogens is 1. The Morgan fingerprint density at radius 2 is 1.94 bits per heavy atom. The van der Waals surface area contributed by atoms with Crippen molar-refractivity contribution in [1.82, 2.24) is 4.57 Å². The van der Waals surface area contributed by atoms with E-state index in [9.17, 15) is 14.7 Å². The zero-order chi connectivity index (χ0) is 13.4. The quantitative estimate of drug-likeness (QED) is 0.846. The minimum absolute atomic E-state index is 0.0471. The maximum Gasteiger partial charge on any atom is 0.337 e. The lowest BCUT2D eigenvalue weighted by molar-refractivity contribution is 0.0698. The molecule has 0 saturated carbocycles. The number of carbonyl (C=O) groups excluding carboxylic acids is 1. The highest BCUT2D eigenvalue weighted by Crippen LogP contribution is 2.27. The van der Waals surface area contributed by atoms with E-state index < -0.39 is 5.97 Å². The van der Waals surface area contributed by atoms with Crippen molar-refractivity contribution in [3.8, 4) is 0 Å². The van der Waals surface area contributed by atoms with Gasteiger partial charge < -0.3 is 9.67 Å². The smallest absolute Gasteiger partial charge is 0.337 e. The van der Waals surface area contributed by atoms with Crippen LogP contribution in [0.15, 0.2) is 18.3 Å². The fourth-order valence-corrected chi connectivity index (χ4v) is 2.28. The van der Waals surface area contributed by atoms with Crippen LogP contribution in [-0.2, 0) is 6.54 Å². The summed E-state index contributed by atoms with van der Waals surface area (Å²) in [6.45, 7) is 5.89. The molecule has 18 heavy (non-hydrogen) atoms. The highest BCUT2D eigenvalue weighted by atomic mass is 16.4. The van der Waals surface area contributed by atoms with Gasteiger partial charge in [-0.1, -0.05) is 0 Å². The van der Waals surface area contributed by atoms with Crippen molar-refractivity contribution >= 4 is 22.7 Å². The number of hydrogen-bond donors (Lipinski definition) is 1. The van der Waals surface area contributed by atoms with Gasteiger partial charge in [0, 0.05) is 23.7 Å². The topological polar surface area (TPSA) is 59.3 Å². The number of fused-ring (bicyclic) bond motifs is 1. The van der Waals surface area contributed by atoms with Gasteiger partial charge in [-0.15, -0.1) is 0 Å². The molecule has 2 rings (SSSR count). The van der Waals surface area contributed by atoms with E-state index in [2.05, 4.69) is 0 Å². The van der Waals surface area contributed by atoms with Crippen molar-refractivity contribution < 1.29 is 14.7 Å². The van der Waals surface area contributed by atoms with Crippen LogP contribution in [-0.4, -0.2) is 21.4 Å². The standard InChI is InChI=1S/C14H15NO3/c1-4-15-7-12(9(3)16)10-5-8(2)6-11(13(10)15)14(17)18/h5-7H,4H2,1-3H3,(H,17,18). The number of Topliss-reactive ketones (excluding diaryl/α,β-unsaturated/α-hetero) is 1. The molecule has 0 aliphatic rings. The summed E-state index contributed by atoms with van der Waals surface area (Å²) in [6, 6.07) is 3.51. The Morgan fingerprint density at radius 1 is 1.28 bits per heavy atom. The van der Waals surface area contributed by atoms with Crippen LogP contribution in [0.1, 0.15) is 40.1 Å². The first-order valence-electron chi connectivity index (χ1n) is 5.83. The van der Waals surface area contributed by atoms with Crippen molar-refractivity contribution in [2.24, 2.45) is 0 Å². The number of aromatic carboxylic acids is 1. The van der Waals surface area contributed by atoms with Gasteiger partial charge in [-0.05, 0) is 38.5 Å². The molecule has 4 heteroatoms. The maximum absolute atomic E-state index is 11.6. The second kappa shape index (κ2) is 4.29. The first-order valence-corrected chi connectivity index (χ1v) is 5.83. The van der Waals surface area contributed by atoms with E-state index in [4.69, 9.17) is 0 Å². The molecule has 4 nitrogen and oxygen atoms in total. The molecule has 0 fully saturated rings. The van der Waals surface area contributed by atoms with Gasteiger partial charge >= 0.3 is 5.97 Å². The minimum Gasteiger partial charge on any atom is -0.478 e. The van der Waals surface area contributed by atoms with E-state index in [1.54, 1.807) is 12.3 Å². The Kier molecular flexibility index (Phi) is 2.95. The average molecular weight is 245 g/mol. The first kappa shape index (κ1) is 12.4. The van der Waals surface area contributed by atoms with Crippen LogP contribution in [0.25, 0.3) is 10.9 Å². The number of rotatable bonds is 3. The number of hydrogen-bond acceptors (Lipinski definition) is 2. The Hall–Kier alpha value is -2.10. The molecule has 0 amide bonds. The molecule has 0 spiro atoms. The van der Waals surface area contributed by atoms with Crippen LogP contribution in [0, 0.1) is 6.92 Å². The normalized spacial score (nSPS) is 10.8. The van der Waals surface area contributed by atoms with Crippen molar-refractivity contribution in [3.05, 3.63) is 35.0 Å². The number of carboxylic acids is 1. The van der Waals surface area contributed by atoms with Gasteiger partial charge in [-0.2, -0.15) is 0 Å². The molecule has 94 valence electrons. The molecule has 0 radical (unpaired) electrons. The van der Waals surface area contributed by atoms with Crippen LogP contribution in [0.4, 0.5) is 0 Å². The van der Waals surface area contributed by atoms with E-state index in [0.717, 1.165) is 10.9 Å². The Bertz CT molecular complexity index is 653. The van der Waals surface area contributed by atoms with Crippen molar-refractivity contribution in [2.75, 3.05) is 0 Å². The average Bonchev–Trinajstić information content (AvgIpc) is 2.66. The summed E-state index contributed by atoms with van der Waals surface area (Å²) in [6.07, 6.45) is 1.74. The predicted octanol–water partition coefficient (Wildman–Crippen LogP) is 2.87. The summed E-state index contributed by atoms with van der Waals surface area (Å²) in [7, 11) is 0. The Balaban J connectivity index is 2.95. The van der Waals surface area contributed by atoms with Crippen LogP contribution in [0.3, 0.4) is 0 Å². The summed E-state index contributed by atoms with van der Waals surface area (Å²) in [5.74, 6) is -1.01. The van der Waals surface area contributed by atoms with Crippen LogP contribution in [0.5, 0.6) is 0 Å². The fraction of sp³-hybridized carbons (Fsp3) is 0.286. The van der Waals surface area contributed by atoms with E-state index >= 15 is 0 Å². The third-order valence-corrected chi connectivity index (χ3v) is 3.07. The van der Waals surface area contributed by atoms with Crippen molar-refractivity contribution in [1.29, 1.82) is 0 Å². The van der Waals surface area contributed by atoms with E-state index in [-0.39, 0.29) is 11.3 Å². The number of benzene rings is 1. The summed E-state index contributed by atoms with van der Waals surface area (Å²) in [4.78, 5) is 22.9. The third kappa shape index (κ3) is 1.79. The van der Waals surface area contributed by atoms with Gasteiger partial charge in [-0.3, -0.25) is 4.79 Å². The lowest BCUT2D eigenvalue weighted by atomic mass is 10.0. The zero-order valence-corrected chi connectivity index (χ0v) is 10.7. The second-order valence-corrected chi connectivity index (χ2v) is 4.40. The molecule has 0 unspecified atom stereocenters. The number of ketones is 1. The molecular weight excluding hydrogens is 230 g/mol. The number of carboxylic acid groups (broad SMARTS) is 1. The molecule has 0 bridgehead atoms. The number of nitrogens with zero attached hydrogens (tertiary/aromatic N) is 1. The van der Waals surface area contributed by atoms with Gasteiger partial charge in [0.1, 0.15) is 0 Å². The molecule has 0 saturated heterocycles. The zero-order valence-electron chi connectivity index (χ0n) is 10.7. The Labute approximate surface area is 105 Å². The van der Waals surface area contributed by atoms with Crippen molar-refractivity contribution in [2.45, 2.75) is 27.3 Å². The molecule has 2 aromatic rings. The molecule has 1 aromatic carbocycles. The summed E-state index contributed by atoms with van der Waals surface area (Å²) >= 11 is 0. The predicted molar refractivity (Wildman–Crippen MR) is 69.3 cm³/mol. The van der Waals surface area contributed by atoms with Crippen LogP contribution < -0.4 is 0 Å². The van der Waals surface area contributed by atoms with E-state index in [0.29, 0.717) is 17.6 Å². The lowest BCUT2D eigenvalue weighted by Crippen LogP contribution is -2.02.